The van der Waals surface area contributed by atoms with Gasteiger partial charge in [-0.3, -0.25) is 0 Å². The lowest BCUT2D eigenvalue weighted by molar-refractivity contribution is 0.259. The van der Waals surface area contributed by atoms with Crippen molar-refractivity contribution in [1.29, 1.82) is 10.5 Å². The maximum absolute atomic E-state index is 14.9. The van der Waals surface area contributed by atoms with Crippen LogP contribution in [-0.2, 0) is 0 Å². The zero-order valence-electron chi connectivity index (χ0n) is 15.3. The van der Waals surface area contributed by atoms with Gasteiger partial charge >= 0.3 is 0 Å². The Morgan fingerprint density at radius 3 is 2.11 bits per heavy atom. The van der Waals surface area contributed by atoms with Gasteiger partial charge in [0.05, 0.1) is 13.2 Å². The molecule has 27 heavy (non-hydrogen) atoms. The minimum Gasteiger partial charge on any atom is -0.494 e. The number of nitrogens with one attached hydrogen (secondary N) is 1. The van der Waals surface area contributed by atoms with Crippen LogP contribution in [0.2, 0.25) is 0 Å². The second-order valence-electron chi connectivity index (χ2n) is 6.09. The Labute approximate surface area is 156 Å². The molecule has 0 saturated heterocycles. The third-order valence-electron chi connectivity index (χ3n) is 3.55. The first-order valence-corrected chi connectivity index (χ1v) is 8.40. The first-order chi connectivity index (χ1) is 12.9. The predicted molar refractivity (Wildman–Crippen MR) is 97.0 cm³/mol. The zero-order valence-corrected chi connectivity index (χ0v) is 15.3. The van der Waals surface area contributed by atoms with Gasteiger partial charge < -0.3 is 14.8 Å². The van der Waals surface area contributed by atoms with Gasteiger partial charge in [0.15, 0.2) is 17.4 Å². The van der Waals surface area contributed by atoms with Gasteiger partial charge in [0.1, 0.15) is 34.7 Å². The number of hydrogen-bond donors (Lipinski definition) is 1. The predicted octanol–water partition coefficient (Wildman–Crippen LogP) is 4.89. The standard InChI is InChI=1S/C20H19F2N3O2/c1-4-26-14-7-5-13(6-8-14)25-19-17(21)15(9-23)16(10-24)18(22)20(19)27-11-12(2)3/h5-8,12,25H,4,11H2,1-3H3. The van der Waals surface area contributed by atoms with Crippen LogP contribution in [0.1, 0.15) is 31.9 Å². The zero-order chi connectivity index (χ0) is 20.0. The van der Waals surface area contributed by atoms with Crippen LogP contribution in [0.4, 0.5) is 20.2 Å². The maximum Gasteiger partial charge on any atom is 0.186 e. The molecule has 0 fully saturated rings. The highest BCUT2D eigenvalue weighted by atomic mass is 19.1. The van der Waals surface area contributed by atoms with Crippen LogP contribution in [0, 0.1) is 40.2 Å². The summed E-state index contributed by atoms with van der Waals surface area (Å²) in [5.74, 6) is -1.85. The Morgan fingerprint density at radius 1 is 1.00 bits per heavy atom. The van der Waals surface area contributed by atoms with Crippen molar-refractivity contribution < 1.29 is 18.3 Å². The SMILES string of the molecule is CCOc1ccc(Nc2c(F)c(C#N)c(C#N)c(F)c2OCC(C)C)cc1. The third-order valence-corrected chi connectivity index (χ3v) is 3.55. The summed E-state index contributed by atoms with van der Waals surface area (Å²) in [6.45, 7) is 6.17. The van der Waals surface area contributed by atoms with Crippen molar-refractivity contribution in [2.45, 2.75) is 20.8 Å². The van der Waals surface area contributed by atoms with E-state index in [2.05, 4.69) is 5.32 Å². The number of nitrogens with zero attached hydrogens (tertiary/aromatic N) is 2. The van der Waals surface area contributed by atoms with E-state index in [9.17, 15) is 8.78 Å². The minimum atomic E-state index is -1.07. The second kappa shape index (κ2) is 8.86. The Morgan fingerprint density at radius 2 is 1.59 bits per heavy atom. The van der Waals surface area contributed by atoms with Crippen LogP contribution in [0.5, 0.6) is 11.5 Å². The highest BCUT2D eigenvalue weighted by Crippen LogP contribution is 2.38. The van der Waals surface area contributed by atoms with Crippen LogP contribution in [0.3, 0.4) is 0 Å². The van der Waals surface area contributed by atoms with Crippen molar-refractivity contribution in [1.82, 2.24) is 0 Å². The molecule has 0 spiro atoms. The van der Waals surface area contributed by atoms with E-state index in [1.54, 1.807) is 30.3 Å². The number of nitriles is 2. The van der Waals surface area contributed by atoms with Crippen molar-refractivity contribution in [3.8, 4) is 23.6 Å². The van der Waals surface area contributed by atoms with E-state index in [4.69, 9.17) is 20.0 Å². The quantitative estimate of drug-likeness (QED) is 0.750. The summed E-state index contributed by atoms with van der Waals surface area (Å²) in [6, 6.07) is 9.67. The Bertz CT molecular complexity index is 898. The molecule has 0 amide bonds. The largest absolute Gasteiger partial charge is 0.494 e. The lowest BCUT2D eigenvalue weighted by atomic mass is 10.0. The molecule has 5 nitrogen and oxygen atoms in total. The summed E-state index contributed by atoms with van der Waals surface area (Å²) in [7, 11) is 0. The molecule has 0 aliphatic heterocycles. The molecule has 1 N–H and O–H groups in total. The van der Waals surface area contributed by atoms with Crippen LogP contribution >= 0.6 is 0 Å². The number of anilines is 2. The van der Waals surface area contributed by atoms with E-state index in [1.807, 2.05) is 20.8 Å². The fourth-order valence-corrected chi connectivity index (χ4v) is 2.32. The number of ether oxygens (including phenoxy) is 2. The van der Waals surface area contributed by atoms with Crippen molar-refractivity contribution in [3.63, 3.8) is 0 Å². The Balaban J connectivity index is 2.53. The number of hydrogen-bond acceptors (Lipinski definition) is 5. The van der Waals surface area contributed by atoms with E-state index in [0.717, 1.165) is 0 Å². The molecule has 0 saturated carbocycles. The maximum atomic E-state index is 14.9. The van der Waals surface area contributed by atoms with Gasteiger partial charge in [0.2, 0.25) is 0 Å². The molecular weight excluding hydrogens is 352 g/mol. The number of benzene rings is 2. The van der Waals surface area contributed by atoms with Crippen LogP contribution < -0.4 is 14.8 Å². The molecular formula is C20H19F2N3O2. The first kappa shape index (κ1) is 20.0. The lowest BCUT2D eigenvalue weighted by Crippen LogP contribution is -2.11. The monoisotopic (exact) mass is 371 g/mol. The van der Waals surface area contributed by atoms with E-state index in [-0.39, 0.29) is 18.2 Å². The van der Waals surface area contributed by atoms with Crippen molar-refractivity contribution in [2.75, 3.05) is 18.5 Å². The second-order valence-corrected chi connectivity index (χ2v) is 6.09. The summed E-state index contributed by atoms with van der Waals surface area (Å²) in [5.41, 5.74) is -1.22. The lowest BCUT2D eigenvalue weighted by Gasteiger charge is -2.18. The number of rotatable bonds is 7. The molecule has 0 aliphatic carbocycles. The molecule has 0 heterocycles. The van der Waals surface area contributed by atoms with Crippen molar-refractivity contribution in [2.24, 2.45) is 5.92 Å². The van der Waals surface area contributed by atoms with Gasteiger partial charge in [-0.1, -0.05) is 13.8 Å². The molecule has 0 bridgehead atoms. The van der Waals surface area contributed by atoms with E-state index in [0.29, 0.717) is 18.0 Å². The van der Waals surface area contributed by atoms with Crippen molar-refractivity contribution in [3.05, 3.63) is 47.0 Å². The van der Waals surface area contributed by atoms with Crippen molar-refractivity contribution >= 4 is 11.4 Å². The molecule has 2 aromatic carbocycles. The van der Waals surface area contributed by atoms with Gasteiger partial charge in [-0.15, -0.1) is 0 Å². The Kier molecular flexibility index (Phi) is 6.56. The summed E-state index contributed by atoms with van der Waals surface area (Å²) in [5, 5.41) is 21.0. The summed E-state index contributed by atoms with van der Waals surface area (Å²) >= 11 is 0. The third kappa shape index (κ3) is 4.45. The molecule has 7 heteroatoms. The number of halogens is 2. The molecule has 0 radical (unpaired) electrons. The molecule has 140 valence electrons. The highest BCUT2D eigenvalue weighted by molar-refractivity contribution is 5.72. The van der Waals surface area contributed by atoms with E-state index >= 15 is 0 Å². The van der Waals surface area contributed by atoms with Crippen LogP contribution in [0.25, 0.3) is 0 Å². The average molecular weight is 371 g/mol. The average Bonchev–Trinajstić information content (AvgIpc) is 2.65. The summed E-state index contributed by atoms with van der Waals surface area (Å²) < 4.78 is 40.4. The normalized spacial score (nSPS) is 10.2. The topological polar surface area (TPSA) is 78.1 Å². The molecule has 2 aromatic rings. The molecule has 2 rings (SSSR count). The van der Waals surface area contributed by atoms with Gasteiger partial charge in [0.25, 0.3) is 0 Å². The first-order valence-electron chi connectivity index (χ1n) is 8.40. The summed E-state index contributed by atoms with van der Waals surface area (Å²) in [6.07, 6.45) is 0. The van der Waals surface area contributed by atoms with Gasteiger partial charge in [-0.2, -0.15) is 10.5 Å². The molecule has 0 aromatic heterocycles. The minimum absolute atomic E-state index is 0.0481. The van der Waals surface area contributed by atoms with Gasteiger partial charge in [-0.25, -0.2) is 8.78 Å². The smallest absolute Gasteiger partial charge is 0.186 e. The van der Waals surface area contributed by atoms with Crippen LogP contribution in [-0.4, -0.2) is 13.2 Å². The summed E-state index contributed by atoms with van der Waals surface area (Å²) in [4.78, 5) is 0. The van der Waals surface area contributed by atoms with Gasteiger partial charge in [-0.05, 0) is 37.1 Å². The highest BCUT2D eigenvalue weighted by Gasteiger charge is 2.26. The molecule has 0 unspecified atom stereocenters. The molecule has 0 aliphatic rings. The Hall–Kier alpha value is -3.32. The van der Waals surface area contributed by atoms with Gasteiger partial charge in [0, 0.05) is 5.69 Å². The molecule has 0 atom stereocenters. The van der Waals surface area contributed by atoms with E-state index < -0.39 is 28.5 Å². The van der Waals surface area contributed by atoms with Crippen LogP contribution in [0.15, 0.2) is 24.3 Å². The van der Waals surface area contributed by atoms with E-state index in [1.165, 1.54) is 6.07 Å². The fourth-order valence-electron chi connectivity index (χ4n) is 2.32. The fraction of sp³-hybridized carbons (Fsp3) is 0.300.